The Morgan fingerprint density at radius 3 is 2.53 bits per heavy atom. The van der Waals surface area contributed by atoms with Crippen molar-refractivity contribution in [3.8, 4) is 0 Å². The van der Waals surface area contributed by atoms with Crippen LogP contribution in [0.4, 0.5) is 4.39 Å². The van der Waals surface area contributed by atoms with Crippen LogP contribution in [0.25, 0.3) is 0 Å². The number of alkyl halides is 1. The van der Waals surface area contributed by atoms with Gasteiger partial charge in [0.05, 0.1) is 0 Å². The Bertz CT molecular complexity index is 419. The van der Waals surface area contributed by atoms with E-state index in [1.807, 2.05) is 0 Å². The van der Waals surface area contributed by atoms with Crippen LogP contribution in [0.15, 0.2) is 54.6 Å². The third-order valence-corrected chi connectivity index (χ3v) is 2.44. The molecule has 1 atom stereocenters. The Kier molecular flexibility index (Phi) is 2.50. The van der Waals surface area contributed by atoms with E-state index in [9.17, 15) is 9.18 Å². The van der Waals surface area contributed by atoms with E-state index < -0.39 is 11.5 Å². The average Bonchev–Trinajstić information content (AvgIpc) is 2.30. The van der Waals surface area contributed by atoms with Crippen LogP contribution >= 0.6 is 0 Å². The minimum Gasteiger partial charge on any atom is -0.290 e. The molecule has 1 unspecified atom stereocenters. The standard InChI is InChI=1S/C13H11FO/c14-13(9-5-2-6-10-13)12(15)11-7-3-1-4-8-11/h1-9H,10H2. The van der Waals surface area contributed by atoms with Crippen molar-refractivity contribution in [3.63, 3.8) is 0 Å². The lowest BCUT2D eigenvalue weighted by atomic mass is 9.89. The summed E-state index contributed by atoms with van der Waals surface area (Å²) in [7, 11) is 0. The molecule has 1 aromatic rings. The molecule has 0 aliphatic heterocycles. The zero-order valence-electron chi connectivity index (χ0n) is 8.19. The van der Waals surface area contributed by atoms with Crippen molar-refractivity contribution in [2.45, 2.75) is 12.1 Å². The summed E-state index contributed by atoms with van der Waals surface area (Å²) >= 11 is 0. The van der Waals surface area contributed by atoms with E-state index in [2.05, 4.69) is 0 Å². The first-order valence-electron chi connectivity index (χ1n) is 4.85. The van der Waals surface area contributed by atoms with Gasteiger partial charge in [-0.05, 0) is 6.08 Å². The van der Waals surface area contributed by atoms with E-state index in [1.165, 1.54) is 6.08 Å². The van der Waals surface area contributed by atoms with E-state index in [0.717, 1.165) is 0 Å². The van der Waals surface area contributed by atoms with Gasteiger partial charge in [0, 0.05) is 12.0 Å². The van der Waals surface area contributed by atoms with E-state index in [4.69, 9.17) is 0 Å². The fraction of sp³-hybridized carbons (Fsp3) is 0.154. The number of carbonyl (C=O) groups excluding carboxylic acids is 1. The molecule has 0 aromatic heterocycles. The van der Waals surface area contributed by atoms with E-state index in [0.29, 0.717) is 5.56 Å². The molecule has 2 rings (SSSR count). The number of hydrogen-bond acceptors (Lipinski definition) is 1. The quantitative estimate of drug-likeness (QED) is 0.673. The molecule has 0 heterocycles. The highest BCUT2D eigenvalue weighted by Crippen LogP contribution is 2.26. The normalized spacial score (nSPS) is 24.1. The molecule has 1 aliphatic carbocycles. The Hall–Kier alpha value is -1.70. The topological polar surface area (TPSA) is 17.1 Å². The molecule has 0 spiro atoms. The number of ketones is 1. The number of allylic oxidation sites excluding steroid dienone is 4. The largest absolute Gasteiger partial charge is 0.290 e. The molecule has 0 N–H and O–H groups in total. The van der Waals surface area contributed by atoms with E-state index in [-0.39, 0.29) is 6.42 Å². The Morgan fingerprint density at radius 2 is 1.93 bits per heavy atom. The fourth-order valence-electron chi connectivity index (χ4n) is 1.59. The highest BCUT2D eigenvalue weighted by Gasteiger charge is 2.35. The highest BCUT2D eigenvalue weighted by molar-refractivity contribution is 6.04. The summed E-state index contributed by atoms with van der Waals surface area (Å²) in [6.07, 6.45) is 6.43. The minimum absolute atomic E-state index is 0.122. The molecule has 1 aliphatic rings. The Labute approximate surface area is 87.9 Å². The van der Waals surface area contributed by atoms with Gasteiger partial charge in [-0.3, -0.25) is 4.79 Å². The zero-order valence-corrected chi connectivity index (χ0v) is 8.19. The summed E-state index contributed by atoms with van der Waals surface area (Å²) in [5.41, 5.74) is -1.45. The number of rotatable bonds is 2. The molecule has 76 valence electrons. The second-order valence-electron chi connectivity index (χ2n) is 3.55. The van der Waals surface area contributed by atoms with Gasteiger partial charge in [-0.1, -0.05) is 48.6 Å². The first-order valence-corrected chi connectivity index (χ1v) is 4.85. The number of halogens is 1. The number of Topliss-reactive ketones (excluding diaryl/α,β-unsaturated/α-hetero) is 1. The van der Waals surface area contributed by atoms with E-state index >= 15 is 0 Å². The van der Waals surface area contributed by atoms with Crippen LogP contribution < -0.4 is 0 Å². The van der Waals surface area contributed by atoms with Gasteiger partial charge in [-0.15, -0.1) is 0 Å². The average molecular weight is 202 g/mol. The first kappa shape index (κ1) is 9.84. The molecule has 1 nitrogen and oxygen atoms in total. The second kappa shape index (κ2) is 3.81. The first-order chi connectivity index (χ1) is 7.22. The molecule has 0 saturated carbocycles. The van der Waals surface area contributed by atoms with Crippen molar-refractivity contribution in [1.82, 2.24) is 0 Å². The Balaban J connectivity index is 2.29. The third-order valence-electron chi connectivity index (χ3n) is 2.44. The fourth-order valence-corrected chi connectivity index (χ4v) is 1.59. The number of carbonyl (C=O) groups is 1. The van der Waals surface area contributed by atoms with Crippen molar-refractivity contribution < 1.29 is 9.18 Å². The summed E-state index contributed by atoms with van der Waals surface area (Å²) in [6, 6.07) is 8.54. The lowest BCUT2D eigenvalue weighted by Gasteiger charge is -2.20. The van der Waals surface area contributed by atoms with Crippen LogP contribution in [-0.2, 0) is 0 Å². The molecule has 1 aromatic carbocycles. The summed E-state index contributed by atoms with van der Waals surface area (Å²) in [4.78, 5) is 11.9. The summed E-state index contributed by atoms with van der Waals surface area (Å²) in [6.45, 7) is 0. The monoisotopic (exact) mass is 202 g/mol. The SMILES string of the molecule is O=C(c1ccccc1)C1(F)C=CC=CC1. The summed E-state index contributed by atoms with van der Waals surface area (Å²) in [5.74, 6) is -0.469. The van der Waals surface area contributed by atoms with Crippen molar-refractivity contribution in [2.24, 2.45) is 0 Å². The predicted molar refractivity (Wildman–Crippen MR) is 57.5 cm³/mol. The molecular formula is C13H11FO. The molecule has 0 bridgehead atoms. The van der Waals surface area contributed by atoms with E-state index in [1.54, 1.807) is 48.6 Å². The zero-order chi connectivity index (χ0) is 10.7. The van der Waals surface area contributed by atoms with Gasteiger partial charge in [0.1, 0.15) is 0 Å². The van der Waals surface area contributed by atoms with Crippen LogP contribution in [0.5, 0.6) is 0 Å². The maximum Gasteiger partial charge on any atom is 0.204 e. The minimum atomic E-state index is -1.86. The second-order valence-corrected chi connectivity index (χ2v) is 3.55. The molecule has 0 amide bonds. The Morgan fingerprint density at radius 1 is 1.20 bits per heavy atom. The summed E-state index contributed by atoms with van der Waals surface area (Å²) < 4.78 is 14.2. The molecule has 15 heavy (non-hydrogen) atoms. The number of hydrogen-bond donors (Lipinski definition) is 0. The van der Waals surface area contributed by atoms with Gasteiger partial charge in [0.25, 0.3) is 0 Å². The molecule has 2 heteroatoms. The van der Waals surface area contributed by atoms with Crippen molar-refractivity contribution in [2.75, 3.05) is 0 Å². The van der Waals surface area contributed by atoms with Crippen molar-refractivity contribution in [3.05, 3.63) is 60.2 Å². The van der Waals surface area contributed by atoms with Crippen molar-refractivity contribution in [1.29, 1.82) is 0 Å². The van der Waals surface area contributed by atoms with Crippen LogP contribution in [0, 0.1) is 0 Å². The maximum atomic E-state index is 14.2. The highest BCUT2D eigenvalue weighted by atomic mass is 19.1. The van der Waals surface area contributed by atoms with Crippen LogP contribution in [-0.4, -0.2) is 11.5 Å². The van der Waals surface area contributed by atoms with Gasteiger partial charge >= 0.3 is 0 Å². The van der Waals surface area contributed by atoms with Crippen molar-refractivity contribution >= 4 is 5.78 Å². The predicted octanol–water partition coefficient (Wildman–Crippen LogP) is 3.09. The van der Waals surface area contributed by atoms with Gasteiger partial charge in [-0.2, -0.15) is 0 Å². The van der Waals surface area contributed by atoms with Crippen LogP contribution in [0.2, 0.25) is 0 Å². The summed E-state index contributed by atoms with van der Waals surface area (Å²) in [5, 5.41) is 0. The van der Waals surface area contributed by atoms with Gasteiger partial charge < -0.3 is 0 Å². The lowest BCUT2D eigenvalue weighted by Crippen LogP contribution is -2.31. The molecular weight excluding hydrogens is 191 g/mol. The van der Waals surface area contributed by atoms with Gasteiger partial charge in [0.15, 0.2) is 5.67 Å². The van der Waals surface area contributed by atoms with Gasteiger partial charge in [-0.25, -0.2) is 4.39 Å². The maximum absolute atomic E-state index is 14.2. The molecule has 0 radical (unpaired) electrons. The smallest absolute Gasteiger partial charge is 0.204 e. The van der Waals surface area contributed by atoms with Crippen LogP contribution in [0.1, 0.15) is 16.8 Å². The molecule has 0 fully saturated rings. The molecule has 0 saturated heterocycles. The van der Waals surface area contributed by atoms with Crippen LogP contribution in [0.3, 0.4) is 0 Å². The lowest BCUT2D eigenvalue weighted by molar-refractivity contribution is 0.0781. The van der Waals surface area contributed by atoms with Gasteiger partial charge in [0.2, 0.25) is 5.78 Å². The third kappa shape index (κ3) is 1.89. The number of benzene rings is 1.